The average molecular weight is 297 g/mol. The summed E-state index contributed by atoms with van der Waals surface area (Å²) in [6.07, 6.45) is 0.915. The van der Waals surface area contributed by atoms with Gasteiger partial charge >= 0.3 is 5.97 Å². The van der Waals surface area contributed by atoms with Crippen LogP contribution in [0.4, 0.5) is 0 Å². The summed E-state index contributed by atoms with van der Waals surface area (Å²) in [5, 5.41) is 3.51. The van der Waals surface area contributed by atoms with Crippen LogP contribution in [-0.4, -0.2) is 25.7 Å². The third-order valence-electron chi connectivity index (χ3n) is 3.83. The molecular weight excluding hydrogens is 278 g/mol. The number of hydrogen-bond acceptors (Lipinski definition) is 4. The smallest absolute Gasteiger partial charge is 0.337 e. The number of ether oxygens (including phenoxy) is 2. The molecular formula is C18H19NO3. The summed E-state index contributed by atoms with van der Waals surface area (Å²) in [5.41, 5.74) is 2.86. The Bertz CT molecular complexity index is 655. The molecule has 4 heteroatoms. The normalized spacial score (nSPS) is 17.0. The molecule has 1 atom stereocenters. The molecule has 0 aliphatic carbocycles. The minimum absolute atomic E-state index is 0.247. The second kappa shape index (κ2) is 6.62. The topological polar surface area (TPSA) is 47.6 Å². The van der Waals surface area contributed by atoms with E-state index < -0.39 is 0 Å². The van der Waals surface area contributed by atoms with Crippen molar-refractivity contribution in [3.05, 3.63) is 65.2 Å². The van der Waals surface area contributed by atoms with Gasteiger partial charge in [0.1, 0.15) is 12.4 Å². The van der Waals surface area contributed by atoms with Gasteiger partial charge in [-0.25, -0.2) is 4.79 Å². The van der Waals surface area contributed by atoms with E-state index in [0.29, 0.717) is 12.2 Å². The lowest BCUT2D eigenvalue weighted by Gasteiger charge is -2.15. The highest BCUT2D eigenvalue weighted by atomic mass is 16.5. The lowest BCUT2D eigenvalue weighted by Crippen LogP contribution is -2.34. The summed E-state index contributed by atoms with van der Waals surface area (Å²) < 4.78 is 10.6. The number of rotatable bonds is 3. The van der Waals surface area contributed by atoms with Crippen molar-refractivity contribution in [2.24, 2.45) is 0 Å². The van der Waals surface area contributed by atoms with E-state index in [2.05, 4.69) is 17.4 Å². The molecule has 0 unspecified atom stereocenters. The zero-order chi connectivity index (χ0) is 15.4. The van der Waals surface area contributed by atoms with E-state index in [9.17, 15) is 4.79 Å². The lowest BCUT2D eigenvalue weighted by molar-refractivity contribution is 0.0600. The maximum absolute atomic E-state index is 11.6. The SMILES string of the molecule is COC(=O)c1ccc2c(c1)OC[C@H](Cc1ccccc1)NC2. The van der Waals surface area contributed by atoms with Crippen molar-refractivity contribution in [1.82, 2.24) is 5.32 Å². The molecule has 1 aliphatic heterocycles. The molecule has 0 radical (unpaired) electrons. The zero-order valence-electron chi connectivity index (χ0n) is 12.5. The number of nitrogens with one attached hydrogen (secondary N) is 1. The van der Waals surface area contributed by atoms with Crippen LogP contribution in [0, 0.1) is 0 Å². The van der Waals surface area contributed by atoms with Gasteiger partial charge in [0.25, 0.3) is 0 Å². The number of hydrogen-bond donors (Lipinski definition) is 1. The van der Waals surface area contributed by atoms with Crippen molar-refractivity contribution >= 4 is 5.97 Å². The predicted octanol–water partition coefficient (Wildman–Crippen LogP) is 2.57. The molecule has 22 heavy (non-hydrogen) atoms. The quantitative estimate of drug-likeness (QED) is 0.885. The molecule has 0 aromatic heterocycles. The van der Waals surface area contributed by atoms with Crippen molar-refractivity contribution < 1.29 is 14.3 Å². The van der Waals surface area contributed by atoms with Crippen molar-refractivity contribution in [3.8, 4) is 5.75 Å². The van der Waals surface area contributed by atoms with E-state index in [4.69, 9.17) is 9.47 Å². The summed E-state index contributed by atoms with van der Waals surface area (Å²) in [5.74, 6) is 0.412. The van der Waals surface area contributed by atoms with Gasteiger partial charge in [0.2, 0.25) is 0 Å². The Morgan fingerprint density at radius 3 is 2.86 bits per heavy atom. The first-order valence-electron chi connectivity index (χ1n) is 7.37. The second-order valence-electron chi connectivity index (χ2n) is 5.39. The summed E-state index contributed by atoms with van der Waals surface area (Å²) in [4.78, 5) is 11.6. The monoisotopic (exact) mass is 297 g/mol. The molecule has 1 aliphatic rings. The van der Waals surface area contributed by atoms with Gasteiger partial charge in [-0.05, 0) is 24.1 Å². The Kier molecular flexibility index (Phi) is 4.39. The van der Waals surface area contributed by atoms with E-state index in [-0.39, 0.29) is 12.0 Å². The van der Waals surface area contributed by atoms with Crippen LogP contribution in [0.2, 0.25) is 0 Å². The molecule has 0 saturated carbocycles. The Morgan fingerprint density at radius 1 is 1.27 bits per heavy atom. The van der Waals surface area contributed by atoms with Crippen LogP contribution in [-0.2, 0) is 17.7 Å². The first kappa shape index (κ1) is 14.6. The minimum Gasteiger partial charge on any atom is -0.492 e. The van der Waals surface area contributed by atoms with Gasteiger partial charge in [-0.1, -0.05) is 36.4 Å². The van der Waals surface area contributed by atoms with Crippen molar-refractivity contribution in [2.45, 2.75) is 19.0 Å². The third-order valence-corrected chi connectivity index (χ3v) is 3.83. The average Bonchev–Trinajstić information content (AvgIpc) is 2.77. The Hall–Kier alpha value is -2.33. The summed E-state index contributed by atoms with van der Waals surface area (Å²) in [6.45, 7) is 1.31. The van der Waals surface area contributed by atoms with Crippen molar-refractivity contribution in [1.29, 1.82) is 0 Å². The summed E-state index contributed by atoms with van der Waals surface area (Å²) in [7, 11) is 1.38. The van der Waals surface area contributed by atoms with E-state index in [0.717, 1.165) is 24.3 Å². The summed E-state index contributed by atoms with van der Waals surface area (Å²) >= 11 is 0. The van der Waals surface area contributed by atoms with Gasteiger partial charge in [0.05, 0.1) is 12.7 Å². The Balaban J connectivity index is 1.71. The van der Waals surface area contributed by atoms with Gasteiger partial charge < -0.3 is 14.8 Å². The van der Waals surface area contributed by atoms with Crippen molar-refractivity contribution in [3.63, 3.8) is 0 Å². The van der Waals surface area contributed by atoms with Gasteiger partial charge in [0.15, 0.2) is 0 Å². The third kappa shape index (κ3) is 3.28. The predicted molar refractivity (Wildman–Crippen MR) is 84.1 cm³/mol. The van der Waals surface area contributed by atoms with E-state index in [1.54, 1.807) is 12.1 Å². The van der Waals surface area contributed by atoms with Gasteiger partial charge in [-0.15, -0.1) is 0 Å². The van der Waals surface area contributed by atoms with Crippen LogP contribution in [0.1, 0.15) is 21.5 Å². The number of methoxy groups -OCH3 is 1. The molecule has 1 N–H and O–H groups in total. The molecule has 4 nitrogen and oxygen atoms in total. The number of carbonyl (C=O) groups excluding carboxylic acids is 1. The maximum Gasteiger partial charge on any atom is 0.337 e. The molecule has 2 aromatic rings. The molecule has 1 heterocycles. The fraction of sp³-hybridized carbons (Fsp3) is 0.278. The highest BCUT2D eigenvalue weighted by molar-refractivity contribution is 5.89. The standard InChI is InChI=1S/C18H19NO3/c1-21-18(20)14-7-8-15-11-19-16(12-22-17(15)10-14)9-13-5-3-2-4-6-13/h2-8,10,16,19H,9,11-12H2,1H3/t16-/m0/s1. The Labute approximate surface area is 130 Å². The van der Waals surface area contributed by atoms with Crippen LogP contribution in [0.15, 0.2) is 48.5 Å². The molecule has 0 spiro atoms. The molecule has 0 fully saturated rings. The number of benzene rings is 2. The van der Waals surface area contributed by atoms with E-state index in [1.165, 1.54) is 12.7 Å². The fourth-order valence-electron chi connectivity index (χ4n) is 2.61. The Morgan fingerprint density at radius 2 is 2.09 bits per heavy atom. The number of fused-ring (bicyclic) bond motifs is 1. The van der Waals surface area contributed by atoms with Gasteiger partial charge in [0, 0.05) is 18.2 Å². The molecule has 3 rings (SSSR count). The number of carbonyl (C=O) groups is 1. The minimum atomic E-state index is -0.343. The first-order valence-corrected chi connectivity index (χ1v) is 7.37. The van der Waals surface area contributed by atoms with Crippen LogP contribution < -0.4 is 10.1 Å². The summed E-state index contributed by atoms with van der Waals surface area (Å²) in [6, 6.07) is 16.0. The fourth-order valence-corrected chi connectivity index (χ4v) is 2.61. The molecule has 114 valence electrons. The van der Waals surface area contributed by atoms with Gasteiger partial charge in [-0.2, -0.15) is 0 Å². The maximum atomic E-state index is 11.6. The van der Waals surface area contributed by atoms with Gasteiger partial charge in [-0.3, -0.25) is 0 Å². The number of esters is 1. The molecule has 0 saturated heterocycles. The lowest BCUT2D eigenvalue weighted by atomic mass is 10.1. The molecule has 2 aromatic carbocycles. The van der Waals surface area contributed by atoms with Crippen LogP contribution in [0.25, 0.3) is 0 Å². The highest BCUT2D eigenvalue weighted by Gasteiger charge is 2.18. The van der Waals surface area contributed by atoms with Crippen LogP contribution in [0.3, 0.4) is 0 Å². The first-order chi connectivity index (χ1) is 10.8. The zero-order valence-corrected chi connectivity index (χ0v) is 12.5. The van der Waals surface area contributed by atoms with E-state index in [1.807, 2.05) is 24.3 Å². The molecule has 0 amide bonds. The molecule has 0 bridgehead atoms. The second-order valence-corrected chi connectivity index (χ2v) is 5.39. The van der Waals surface area contributed by atoms with Crippen molar-refractivity contribution in [2.75, 3.05) is 13.7 Å². The van der Waals surface area contributed by atoms with E-state index >= 15 is 0 Å². The highest BCUT2D eigenvalue weighted by Crippen LogP contribution is 2.24. The van der Waals surface area contributed by atoms with Crippen LogP contribution in [0.5, 0.6) is 5.75 Å². The largest absolute Gasteiger partial charge is 0.492 e. The van der Waals surface area contributed by atoms with Crippen LogP contribution >= 0.6 is 0 Å².